The minimum Gasteiger partial charge on any atom is -0.453 e. The molecule has 3 heterocycles. The number of fused-ring (bicyclic) bond motifs is 1. The number of anilines is 1. The third-order valence-electron chi connectivity index (χ3n) is 6.15. The van der Waals surface area contributed by atoms with Gasteiger partial charge in [-0.3, -0.25) is 19.4 Å². The van der Waals surface area contributed by atoms with Crippen LogP contribution in [0, 0.1) is 5.82 Å². The molecule has 0 aromatic carbocycles. The van der Waals surface area contributed by atoms with Gasteiger partial charge in [-0.25, -0.2) is 9.18 Å². The Morgan fingerprint density at radius 3 is 2.67 bits per heavy atom. The van der Waals surface area contributed by atoms with Crippen LogP contribution in [0.2, 0.25) is 0 Å². The van der Waals surface area contributed by atoms with E-state index in [1.54, 1.807) is 20.2 Å². The molecule has 0 bridgehead atoms. The number of nitrogens with one attached hydrogen (secondary N) is 3. The summed E-state index contributed by atoms with van der Waals surface area (Å²) in [5.41, 5.74) is -0.185. The van der Waals surface area contributed by atoms with Crippen LogP contribution in [0.1, 0.15) is 30.5 Å². The maximum Gasteiger partial charge on any atom is 0.407 e. The van der Waals surface area contributed by atoms with Crippen molar-refractivity contribution in [1.29, 1.82) is 0 Å². The minimum atomic E-state index is -4.47. The molecule has 3 aromatic rings. The Hall–Kier alpha value is -4.69. The van der Waals surface area contributed by atoms with Gasteiger partial charge in [0.1, 0.15) is 17.5 Å². The second-order valence-corrected chi connectivity index (χ2v) is 9.50. The number of aromatic nitrogens is 3. The number of allylic oxidation sites excluding steroid dienone is 1. The number of amides is 3. The molecule has 15 heteroatoms. The highest BCUT2D eigenvalue weighted by Crippen LogP contribution is 2.27. The molecule has 11 nitrogen and oxygen atoms in total. The van der Waals surface area contributed by atoms with Crippen LogP contribution in [0.15, 0.2) is 47.5 Å². The highest BCUT2D eigenvalue weighted by molar-refractivity contribution is 5.96. The molecule has 3 N–H and O–H groups in total. The fraction of sp³-hybridized carbons (Fsp3) is 0.370. The molecule has 0 aliphatic rings. The molecule has 3 amide bonds. The Bertz CT molecular complexity index is 1530. The summed E-state index contributed by atoms with van der Waals surface area (Å²) < 4.78 is 58.3. The van der Waals surface area contributed by atoms with Crippen LogP contribution in [0.3, 0.4) is 0 Å². The number of rotatable bonds is 11. The number of hydrogen-bond donors (Lipinski definition) is 3. The number of aryl methyl sites for hydroxylation is 1. The first kappa shape index (κ1) is 31.8. The third-order valence-corrected chi connectivity index (χ3v) is 6.15. The van der Waals surface area contributed by atoms with Gasteiger partial charge in [0.15, 0.2) is 0 Å². The van der Waals surface area contributed by atoms with Crippen LogP contribution in [0.25, 0.3) is 11.0 Å². The van der Waals surface area contributed by atoms with Gasteiger partial charge in [0.25, 0.3) is 5.56 Å². The minimum absolute atomic E-state index is 0.0895. The molecule has 0 spiro atoms. The fourth-order valence-corrected chi connectivity index (χ4v) is 3.98. The molecule has 0 fully saturated rings. The van der Waals surface area contributed by atoms with Crippen LogP contribution >= 0.6 is 0 Å². The summed E-state index contributed by atoms with van der Waals surface area (Å²) in [5, 5.41) is 4.88. The summed E-state index contributed by atoms with van der Waals surface area (Å²) in [7, 11) is 4.29. The number of halogens is 4. The number of hydrogen-bond acceptors (Lipinski definition) is 6. The van der Waals surface area contributed by atoms with E-state index in [4.69, 9.17) is 0 Å². The van der Waals surface area contributed by atoms with Gasteiger partial charge >= 0.3 is 12.3 Å². The average Bonchev–Trinajstić information content (AvgIpc) is 3.33. The largest absolute Gasteiger partial charge is 0.453 e. The monoisotopic (exact) mass is 594 g/mol. The number of carbonyl (C=O) groups excluding carboxylic acids is 3. The first-order chi connectivity index (χ1) is 19.8. The molecular weight excluding hydrogens is 564 g/mol. The smallest absolute Gasteiger partial charge is 0.407 e. The van der Waals surface area contributed by atoms with Gasteiger partial charge < -0.3 is 29.8 Å². The van der Waals surface area contributed by atoms with E-state index >= 15 is 0 Å². The molecule has 0 radical (unpaired) electrons. The number of likely N-dealkylation sites (N-methyl/N-ethyl adjacent to an activating group) is 1. The zero-order valence-corrected chi connectivity index (χ0v) is 23.0. The van der Waals surface area contributed by atoms with Crippen molar-refractivity contribution >= 4 is 34.6 Å². The van der Waals surface area contributed by atoms with Crippen LogP contribution in [-0.4, -0.2) is 70.8 Å². The fourth-order valence-electron chi connectivity index (χ4n) is 3.98. The number of aromatic amines is 1. The van der Waals surface area contributed by atoms with Gasteiger partial charge in [0, 0.05) is 38.0 Å². The Balaban J connectivity index is 1.78. The van der Waals surface area contributed by atoms with Crippen molar-refractivity contribution in [2.75, 3.05) is 26.5 Å². The van der Waals surface area contributed by atoms with Crippen LogP contribution in [-0.2, 0) is 27.3 Å². The molecule has 3 aromatic heterocycles. The lowest BCUT2D eigenvalue weighted by molar-refractivity contribution is -0.134. The average molecular weight is 595 g/mol. The van der Waals surface area contributed by atoms with Crippen LogP contribution in [0.4, 0.5) is 28.0 Å². The Labute approximate surface area is 237 Å². The van der Waals surface area contributed by atoms with E-state index in [-0.39, 0.29) is 47.6 Å². The van der Waals surface area contributed by atoms with Gasteiger partial charge in [-0.1, -0.05) is 6.08 Å². The molecule has 42 heavy (non-hydrogen) atoms. The van der Waals surface area contributed by atoms with Crippen molar-refractivity contribution in [3.05, 3.63) is 70.2 Å². The first-order valence-corrected chi connectivity index (χ1v) is 12.7. The van der Waals surface area contributed by atoms with E-state index < -0.39 is 48.4 Å². The van der Waals surface area contributed by atoms with Crippen molar-refractivity contribution in [1.82, 2.24) is 24.8 Å². The molecule has 0 saturated carbocycles. The number of pyridine rings is 2. The molecule has 226 valence electrons. The zero-order chi connectivity index (χ0) is 31.0. The number of carbonyl (C=O) groups is 3. The number of methoxy groups -OCH3 is 1. The van der Waals surface area contributed by atoms with Crippen LogP contribution < -0.4 is 16.2 Å². The van der Waals surface area contributed by atoms with Gasteiger partial charge in [-0.2, -0.15) is 13.2 Å². The molecule has 0 saturated heterocycles. The summed E-state index contributed by atoms with van der Waals surface area (Å²) in [6.45, 7) is -0.0895. The second kappa shape index (κ2) is 13.8. The second-order valence-electron chi connectivity index (χ2n) is 9.50. The number of H-pyrrole nitrogens is 1. The van der Waals surface area contributed by atoms with E-state index in [9.17, 15) is 36.7 Å². The number of nitrogens with zero attached hydrogens (tertiary/aromatic N) is 3. The molecular formula is C27H30F4N6O5. The lowest BCUT2D eigenvalue weighted by Crippen LogP contribution is -2.44. The summed E-state index contributed by atoms with van der Waals surface area (Å²) >= 11 is 0. The summed E-state index contributed by atoms with van der Waals surface area (Å²) in [6, 6.07) is 3.24. The van der Waals surface area contributed by atoms with E-state index in [2.05, 4.69) is 25.3 Å². The highest BCUT2D eigenvalue weighted by atomic mass is 19.4. The van der Waals surface area contributed by atoms with Crippen molar-refractivity contribution in [3.8, 4) is 0 Å². The first-order valence-electron chi connectivity index (χ1n) is 12.7. The maximum absolute atomic E-state index is 14.3. The van der Waals surface area contributed by atoms with Crippen molar-refractivity contribution in [2.45, 2.75) is 44.4 Å². The summed E-state index contributed by atoms with van der Waals surface area (Å²) in [4.78, 5) is 57.8. The van der Waals surface area contributed by atoms with E-state index in [1.807, 2.05) is 0 Å². The molecule has 1 atom stereocenters. The molecule has 0 aliphatic carbocycles. The lowest BCUT2D eigenvalue weighted by Gasteiger charge is -2.17. The third kappa shape index (κ3) is 8.65. The van der Waals surface area contributed by atoms with Crippen molar-refractivity contribution in [2.24, 2.45) is 0 Å². The van der Waals surface area contributed by atoms with Gasteiger partial charge in [-0.05, 0) is 43.5 Å². The predicted octanol–water partition coefficient (Wildman–Crippen LogP) is 3.49. The Morgan fingerprint density at radius 2 is 2.00 bits per heavy atom. The number of alkyl halides is 3. The van der Waals surface area contributed by atoms with Gasteiger partial charge in [0.2, 0.25) is 11.8 Å². The number of ether oxygens (including phenoxy) is 1. The Morgan fingerprint density at radius 1 is 1.26 bits per heavy atom. The summed E-state index contributed by atoms with van der Waals surface area (Å²) in [6.07, 6.45) is -1.64. The quantitative estimate of drug-likeness (QED) is 0.230. The molecule has 0 aliphatic heterocycles. The van der Waals surface area contributed by atoms with Crippen molar-refractivity contribution < 1.29 is 36.7 Å². The van der Waals surface area contributed by atoms with Gasteiger partial charge in [0.05, 0.1) is 30.9 Å². The summed E-state index contributed by atoms with van der Waals surface area (Å²) in [5.74, 6) is -1.84. The van der Waals surface area contributed by atoms with E-state index in [0.717, 1.165) is 13.3 Å². The SMILES string of the molecule is COC(=O)NC(CCC=CC(=O)N(C)C)C(=O)Nc1cccn(Cc2cc3ncc(F)c(CCC(F)(F)F)c3[nH]2)c1=O. The van der Waals surface area contributed by atoms with Crippen LogP contribution in [0.5, 0.6) is 0 Å². The van der Waals surface area contributed by atoms with Gasteiger partial charge in [-0.15, -0.1) is 0 Å². The predicted molar refractivity (Wildman–Crippen MR) is 145 cm³/mol. The standard InChI is InChI=1S/C27H30F4N6O5/c1-36(2)22(38)9-5-4-7-19(35-26(41)42-3)24(39)34-20-8-6-12-37(25(20)40)15-16-13-21-23(33-16)17(18(28)14-32-21)10-11-27(29,30)31/h5-6,8-9,12-14,19,33H,4,7,10-11,15H2,1-3H3,(H,34,39)(H,35,41). The number of alkyl carbamates (subject to hydrolysis) is 1. The topological polar surface area (TPSA) is 138 Å². The zero-order valence-electron chi connectivity index (χ0n) is 23.0. The maximum atomic E-state index is 14.3. The lowest BCUT2D eigenvalue weighted by atomic mass is 10.1. The Kier molecular flexibility index (Phi) is 10.4. The van der Waals surface area contributed by atoms with Crippen molar-refractivity contribution in [3.63, 3.8) is 0 Å². The normalized spacial score (nSPS) is 12.4. The molecule has 1 unspecified atom stereocenters. The highest BCUT2D eigenvalue weighted by Gasteiger charge is 2.28. The molecule has 3 rings (SSSR count). The van der Waals surface area contributed by atoms with E-state index in [0.29, 0.717) is 5.69 Å². The van der Waals surface area contributed by atoms with E-state index in [1.165, 1.54) is 39.9 Å².